The highest BCUT2D eigenvalue weighted by molar-refractivity contribution is 7.14. The number of aryl methyl sites for hydroxylation is 1. The van der Waals surface area contributed by atoms with Crippen LogP contribution in [-0.4, -0.2) is 12.1 Å². The summed E-state index contributed by atoms with van der Waals surface area (Å²) in [5, 5.41) is 0. The number of rotatable bonds is 3. The van der Waals surface area contributed by atoms with Crippen molar-refractivity contribution in [3.05, 3.63) is 51.7 Å². The van der Waals surface area contributed by atoms with Gasteiger partial charge in [0, 0.05) is 4.88 Å². The fourth-order valence-corrected chi connectivity index (χ4v) is 2.38. The number of carbonyl (C=O) groups excluding carboxylic acids is 1. The van der Waals surface area contributed by atoms with Crippen LogP contribution in [0.15, 0.2) is 36.4 Å². The van der Waals surface area contributed by atoms with Gasteiger partial charge in [-0.3, -0.25) is 4.79 Å². The van der Waals surface area contributed by atoms with E-state index in [1.165, 1.54) is 29.5 Å². The summed E-state index contributed by atoms with van der Waals surface area (Å²) in [5.41, 5.74) is -0.0957. The van der Waals surface area contributed by atoms with Crippen molar-refractivity contribution < 1.29 is 22.7 Å². The van der Waals surface area contributed by atoms with E-state index < -0.39 is 17.9 Å². The fourth-order valence-electron chi connectivity index (χ4n) is 1.56. The van der Waals surface area contributed by atoms with Gasteiger partial charge >= 0.3 is 6.36 Å². The Morgan fingerprint density at radius 2 is 1.84 bits per heavy atom. The van der Waals surface area contributed by atoms with Gasteiger partial charge in [-0.05, 0) is 31.2 Å². The second-order valence-corrected chi connectivity index (χ2v) is 5.07. The number of hydrogen-bond acceptors (Lipinski definition) is 3. The third kappa shape index (κ3) is 3.35. The molecular formula is C13H9F3O2S. The van der Waals surface area contributed by atoms with Gasteiger partial charge in [0.05, 0.1) is 10.4 Å². The van der Waals surface area contributed by atoms with E-state index >= 15 is 0 Å². The number of halogens is 3. The maximum absolute atomic E-state index is 12.3. The molecule has 0 atom stereocenters. The monoisotopic (exact) mass is 286 g/mol. The summed E-state index contributed by atoms with van der Waals surface area (Å²) in [6, 6.07) is 8.66. The minimum atomic E-state index is -4.82. The third-order valence-electron chi connectivity index (χ3n) is 2.32. The van der Waals surface area contributed by atoms with E-state index in [-0.39, 0.29) is 5.56 Å². The highest BCUT2D eigenvalue weighted by Crippen LogP contribution is 2.29. The Balaban J connectivity index is 2.37. The quantitative estimate of drug-likeness (QED) is 0.791. The van der Waals surface area contributed by atoms with Crippen molar-refractivity contribution in [2.45, 2.75) is 13.3 Å². The SMILES string of the molecule is Cc1ccc(C(=O)c2ccccc2OC(F)(F)F)s1. The van der Waals surface area contributed by atoms with E-state index in [0.29, 0.717) is 4.88 Å². The van der Waals surface area contributed by atoms with Crippen molar-refractivity contribution in [3.63, 3.8) is 0 Å². The van der Waals surface area contributed by atoms with Gasteiger partial charge in [0.1, 0.15) is 5.75 Å². The summed E-state index contributed by atoms with van der Waals surface area (Å²) in [6.45, 7) is 1.82. The Morgan fingerprint density at radius 1 is 1.16 bits per heavy atom. The van der Waals surface area contributed by atoms with Crippen LogP contribution >= 0.6 is 11.3 Å². The van der Waals surface area contributed by atoms with Crippen molar-refractivity contribution in [1.29, 1.82) is 0 Å². The molecule has 1 aromatic heterocycles. The molecule has 1 heterocycles. The molecule has 0 N–H and O–H groups in total. The van der Waals surface area contributed by atoms with Gasteiger partial charge in [0.15, 0.2) is 0 Å². The van der Waals surface area contributed by atoms with E-state index in [0.717, 1.165) is 10.9 Å². The predicted molar refractivity (Wildman–Crippen MR) is 65.6 cm³/mol. The standard InChI is InChI=1S/C13H9F3O2S/c1-8-6-7-11(19-8)12(17)9-4-2-3-5-10(9)18-13(14,15)16/h2-7H,1H3. The minimum Gasteiger partial charge on any atom is -0.405 e. The molecule has 100 valence electrons. The fraction of sp³-hybridized carbons (Fsp3) is 0.154. The average Bonchev–Trinajstić information content (AvgIpc) is 2.74. The number of thiophene rings is 1. The van der Waals surface area contributed by atoms with Crippen molar-refractivity contribution in [1.82, 2.24) is 0 Å². The zero-order chi connectivity index (χ0) is 14.0. The van der Waals surface area contributed by atoms with E-state index in [9.17, 15) is 18.0 Å². The first-order valence-corrected chi connectivity index (χ1v) is 6.14. The van der Waals surface area contributed by atoms with Crippen LogP contribution in [0.25, 0.3) is 0 Å². The summed E-state index contributed by atoms with van der Waals surface area (Å²) in [4.78, 5) is 13.4. The number of benzene rings is 1. The van der Waals surface area contributed by atoms with Crippen molar-refractivity contribution >= 4 is 17.1 Å². The Morgan fingerprint density at radius 3 is 2.42 bits per heavy atom. The van der Waals surface area contributed by atoms with Gasteiger partial charge in [-0.15, -0.1) is 24.5 Å². The van der Waals surface area contributed by atoms with Crippen LogP contribution in [0.5, 0.6) is 5.75 Å². The molecule has 0 aliphatic rings. The normalized spacial score (nSPS) is 11.4. The molecule has 2 rings (SSSR count). The first-order valence-electron chi connectivity index (χ1n) is 5.33. The molecule has 0 unspecified atom stereocenters. The lowest BCUT2D eigenvalue weighted by Crippen LogP contribution is -2.19. The number of alkyl halides is 3. The van der Waals surface area contributed by atoms with E-state index in [2.05, 4.69) is 4.74 Å². The molecule has 2 nitrogen and oxygen atoms in total. The topological polar surface area (TPSA) is 26.3 Å². The Hall–Kier alpha value is -1.82. The van der Waals surface area contributed by atoms with Gasteiger partial charge < -0.3 is 4.74 Å². The van der Waals surface area contributed by atoms with Gasteiger partial charge in [0.2, 0.25) is 5.78 Å². The second-order valence-electron chi connectivity index (χ2n) is 3.78. The lowest BCUT2D eigenvalue weighted by atomic mass is 10.1. The third-order valence-corrected chi connectivity index (χ3v) is 3.32. The van der Waals surface area contributed by atoms with Gasteiger partial charge in [0.25, 0.3) is 0 Å². The summed E-state index contributed by atoms with van der Waals surface area (Å²) in [6.07, 6.45) is -4.82. The summed E-state index contributed by atoms with van der Waals surface area (Å²) in [5.74, 6) is -0.955. The molecule has 19 heavy (non-hydrogen) atoms. The molecule has 0 aliphatic carbocycles. The molecular weight excluding hydrogens is 277 g/mol. The van der Waals surface area contributed by atoms with Crippen LogP contribution in [0.2, 0.25) is 0 Å². The highest BCUT2D eigenvalue weighted by atomic mass is 32.1. The van der Waals surface area contributed by atoms with Crippen LogP contribution in [0, 0.1) is 6.92 Å². The van der Waals surface area contributed by atoms with Gasteiger partial charge in [-0.1, -0.05) is 12.1 Å². The van der Waals surface area contributed by atoms with Gasteiger partial charge in [-0.25, -0.2) is 0 Å². The molecule has 0 radical (unpaired) electrons. The molecule has 1 aromatic carbocycles. The lowest BCUT2D eigenvalue weighted by molar-refractivity contribution is -0.274. The van der Waals surface area contributed by atoms with Crippen LogP contribution < -0.4 is 4.74 Å². The average molecular weight is 286 g/mol. The van der Waals surface area contributed by atoms with E-state index in [4.69, 9.17) is 0 Å². The number of hydrogen-bond donors (Lipinski definition) is 0. The maximum atomic E-state index is 12.3. The Kier molecular flexibility index (Phi) is 3.61. The lowest BCUT2D eigenvalue weighted by Gasteiger charge is -2.11. The highest BCUT2D eigenvalue weighted by Gasteiger charge is 2.33. The smallest absolute Gasteiger partial charge is 0.405 e. The van der Waals surface area contributed by atoms with Crippen LogP contribution in [0.4, 0.5) is 13.2 Å². The summed E-state index contributed by atoms with van der Waals surface area (Å²) in [7, 11) is 0. The molecule has 0 amide bonds. The summed E-state index contributed by atoms with van der Waals surface area (Å²) >= 11 is 1.23. The first kappa shape index (κ1) is 13.6. The van der Waals surface area contributed by atoms with Crippen molar-refractivity contribution in [3.8, 4) is 5.75 Å². The van der Waals surface area contributed by atoms with E-state index in [1.54, 1.807) is 12.1 Å². The number of para-hydroxylation sites is 1. The first-order chi connectivity index (χ1) is 8.87. The van der Waals surface area contributed by atoms with Crippen molar-refractivity contribution in [2.75, 3.05) is 0 Å². The van der Waals surface area contributed by atoms with Crippen LogP contribution in [0.3, 0.4) is 0 Å². The molecule has 0 aliphatic heterocycles. The molecule has 2 aromatic rings. The molecule has 0 saturated heterocycles. The number of carbonyl (C=O) groups is 1. The molecule has 6 heteroatoms. The largest absolute Gasteiger partial charge is 0.573 e. The molecule has 0 saturated carbocycles. The van der Waals surface area contributed by atoms with Crippen LogP contribution in [0.1, 0.15) is 20.1 Å². The number of ketones is 1. The second kappa shape index (κ2) is 5.05. The minimum absolute atomic E-state index is 0.0957. The van der Waals surface area contributed by atoms with Crippen molar-refractivity contribution in [2.24, 2.45) is 0 Å². The maximum Gasteiger partial charge on any atom is 0.573 e. The zero-order valence-corrected chi connectivity index (χ0v) is 10.6. The predicted octanol–water partition coefficient (Wildman–Crippen LogP) is 4.19. The summed E-state index contributed by atoms with van der Waals surface area (Å²) < 4.78 is 40.6. The molecule has 0 bridgehead atoms. The Labute approximate surface area is 111 Å². The van der Waals surface area contributed by atoms with Gasteiger partial charge in [-0.2, -0.15) is 0 Å². The molecule has 0 spiro atoms. The molecule has 0 fully saturated rings. The zero-order valence-electron chi connectivity index (χ0n) is 9.82. The number of ether oxygens (including phenoxy) is 1. The Bertz CT molecular complexity index is 602. The van der Waals surface area contributed by atoms with E-state index in [1.807, 2.05) is 6.92 Å². The van der Waals surface area contributed by atoms with Crippen LogP contribution in [-0.2, 0) is 0 Å².